The molecule has 21 heavy (non-hydrogen) atoms. The van der Waals surface area contributed by atoms with Crippen LogP contribution in [0.15, 0.2) is 35.4 Å². The molecular weight excluding hydrogens is 286 g/mol. The van der Waals surface area contributed by atoms with Gasteiger partial charge in [-0.25, -0.2) is 8.42 Å². The van der Waals surface area contributed by atoms with Gasteiger partial charge in [-0.1, -0.05) is 12.1 Å². The Kier molecular flexibility index (Phi) is 3.69. The first kappa shape index (κ1) is 14.4. The van der Waals surface area contributed by atoms with Crippen LogP contribution in [0, 0.1) is 6.92 Å². The van der Waals surface area contributed by atoms with E-state index in [2.05, 4.69) is 10.3 Å². The van der Waals surface area contributed by atoms with Gasteiger partial charge in [0, 0.05) is 37.3 Å². The molecule has 0 saturated carbocycles. The van der Waals surface area contributed by atoms with E-state index < -0.39 is 10.0 Å². The molecule has 1 aliphatic heterocycles. The van der Waals surface area contributed by atoms with Crippen LogP contribution in [-0.4, -0.2) is 43.4 Å². The van der Waals surface area contributed by atoms with E-state index in [1.807, 2.05) is 26.0 Å². The van der Waals surface area contributed by atoms with Crippen molar-refractivity contribution in [1.82, 2.24) is 14.6 Å². The first-order valence-corrected chi connectivity index (χ1v) is 8.52. The predicted molar refractivity (Wildman–Crippen MR) is 82.7 cm³/mol. The summed E-state index contributed by atoms with van der Waals surface area (Å²) in [5, 5.41) is 4.07. The lowest BCUT2D eigenvalue weighted by molar-refractivity contribution is 0.284. The highest BCUT2D eigenvalue weighted by molar-refractivity contribution is 7.89. The van der Waals surface area contributed by atoms with Crippen LogP contribution in [0.5, 0.6) is 0 Å². The molecule has 1 aromatic heterocycles. The van der Waals surface area contributed by atoms with Gasteiger partial charge in [-0.05, 0) is 31.5 Å². The summed E-state index contributed by atoms with van der Waals surface area (Å²) < 4.78 is 27.5. The van der Waals surface area contributed by atoms with Crippen molar-refractivity contribution in [2.24, 2.45) is 0 Å². The normalized spacial score (nSPS) is 20.8. The average Bonchev–Trinajstić information content (AvgIpc) is 2.46. The molecule has 6 heteroatoms. The zero-order valence-electron chi connectivity index (χ0n) is 12.2. The maximum absolute atomic E-state index is 13.0. The summed E-state index contributed by atoms with van der Waals surface area (Å²) in [5.41, 5.74) is 1.57. The third kappa shape index (κ3) is 2.54. The van der Waals surface area contributed by atoms with Gasteiger partial charge in [-0.2, -0.15) is 4.31 Å². The second-order valence-electron chi connectivity index (χ2n) is 5.51. The number of rotatable bonds is 2. The number of hydrogen-bond acceptors (Lipinski definition) is 4. The lowest BCUT2D eigenvalue weighted by Gasteiger charge is -2.33. The van der Waals surface area contributed by atoms with Gasteiger partial charge in [0.05, 0.1) is 5.52 Å². The van der Waals surface area contributed by atoms with Gasteiger partial charge in [-0.15, -0.1) is 0 Å². The fourth-order valence-corrected chi connectivity index (χ4v) is 4.55. The van der Waals surface area contributed by atoms with E-state index in [9.17, 15) is 8.42 Å². The molecule has 112 valence electrons. The Morgan fingerprint density at radius 2 is 2.19 bits per heavy atom. The van der Waals surface area contributed by atoms with E-state index in [0.717, 1.165) is 10.9 Å². The van der Waals surface area contributed by atoms with Crippen LogP contribution in [0.2, 0.25) is 0 Å². The number of aryl methyl sites for hydroxylation is 1. The van der Waals surface area contributed by atoms with Gasteiger partial charge in [0.2, 0.25) is 10.0 Å². The van der Waals surface area contributed by atoms with E-state index in [1.54, 1.807) is 22.6 Å². The molecule has 1 unspecified atom stereocenters. The summed E-state index contributed by atoms with van der Waals surface area (Å²) in [6, 6.07) is 7.24. The van der Waals surface area contributed by atoms with Crippen LogP contribution in [0.25, 0.3) is 10.9 Å². The Labute approximate surface area is 125 Å². The lowest BCUT2D eigenvalue weighted by atomic mass is 10.2. The summed E-state index contributed by atoms with van der Waals surface area (Å²) in [6.45, 7) is 5.72. The highest BCUT2D eigenvalue weighted by Gasteiger charge is 2.32. The van der Waals surface area contributed by atoms with Crippen LogP contribution in [0.1, 0.15) is 12.5 Å². The number of nitrogens with zero attached hydrogens (tertiary/aromatic N) is 2. The zero-order valence-corrected chi connectivity index (χ0v) is 13.0. The van der Waals surface area contributed by atoms with E-state index in [-0.39, 0.29) is 6.04 Å². The lowest BCUT2D eigenvalue weighted by Crippen LogP contribution is -2.52. The second-order valence-corrected chi connectivity index (χ2v) is 7.37. The Balaban J connectivity index is 2.15. The van der Waals surface area contributed by atoms with Crippen molar-refractivity contribution in [1.29, 1.82) is 0 Å². The van der Waals surface area contributed by atoms with Crippen molar-refractivity contribution in [2.45, 2.75) is 24.8 Å². The molecule has 0 aliphatic carbocycles. The Morgan fingerprint density at radius 1 is 1.38 bits per heavy atom. The number of hydrogen-bond donors (Lipinski definition) is 1. The number of nitrogens with one attached hydrogen (secondary N) is 1. The quantitative estimate of drug-likeness (QED) is 0.914. The minimum absolute atomic E-state index is 0.0514. The van der Waals surface area contributed by atoms with Crippen LogP contribution in [0.4, 0.5) is 0 Å². The molecule has 2 aromatic rings. The van der Waals surface area contributed by atoms with Crippen molar-refractivity contribution >= 4 is 20.9 Å². The van der Waals surface area contributed by atoms with Crippen LogP contribution in [-0.2, 0) is 10.0 Å². The summed E-state index contributed by atoms with van der Waals surface area (Å²) in [7, 11) is -3.52. The van der Waals surface area contributed by atoms with Gasteiger partial charge >= 0.3 is 0 Å². The molecule has 0 bridgehead atoms. The molecule has 1 saturated heterocycles. The molecule has 1 N–H and O–H groups in total. The zero-order chi connectivity index (χ0) is 15.0. The third-order valence-corrected chi connectivity index (χ3v) is 5.88. The number of aromatic nitrogens is 1. The highest BCUT2D eigenvalue weighted by Crippen LogP contribution is 2.26. The molecule has 2 heterocycles. The van der Waals surface area contributed by atoms with E-state index in [0.29, 0.717) is 30.0 Å². The van der Waals surface area contributed by atoms with Crippen molar-refractivity contribution in [2.75, 3.05) is 19.6 Å². The number of pyridine rings is 1. The van der Waals surface area contributed by atoms with Crippen LogP contribution < -0.4 is 5.32 Å². The highest BCUT2D eigenvalue weighted by atomic mass is 32.2. The van der Waals surface area contributed by atoms with Crippen molar-refractivity contribution < 1.29 is 8.42 Å². The van der Waals surface area contributed by atoms with Crippen molar-refractivity contribution in [3.8, 4) is 0 Å². The molecule has 0 spiro atoms. The molecule has 3 rings (SSSR count). The Hall–Kier alpha value is -1.50. The summed E-state index contributed by atoms with van der Waals surface area (Å²) >= 11 is 0. The topological polar surface area (TPSA) is 62.3 Å². The first-order valence-electron chi connectivity index (χ1n) is 7.08. The summed E-state index contributed by atoms with van der Waals surface area (Å²) in [4.78, 5) is 4.65. The fourth-order valence-electron chi connectivity index (χ4n) is 2.76. The Bertz CT molecular complexity index is 774. The van der Waals surface area contributed by atoms with Gasteiger partial charge in [-0.3, -0.25) is 4.98 Å². The van der Waals surface area contributed by atoms with E-state index in [4.69, 9.17) is 0 Å². The van der Waals surface area contributed by atoms with Gasteiger partial charge in [0.15, 0.2) is 0 Å². The molecule has 1 aromatic carbocycles. The third-order valence-electron chi connectivity index (χ3n) is 3.84. The van der Waals surface area contributed by atoms with Crippen LogP contribution >= 0.6 is 0 Å². The van der Waals surface area contributed by atoms with Crippen LogP contribution in [0.3, 0.4) is 0 Å². The minimum atomic E-state index is -3.52. The number of fused-ring (bicyclic) bond motifs is 1. The molecule has 1 atom stereocenters. The Morgan fingerprint density at radius 3 is 2.95 bits per heavy atom. The number of benzene rings is 1. The largest absolute Gasteiger partial charge is 0.314 e. The SMILES string of the molecule is Cc1cnc2c(S(=O)(=O)N3CCNCC3C)cccc2c1. The predicted octanol–water partition coefficient (Wildman–Crippen LogP) is 1.53. The smallest absolute Gasteiger partial charge is 0.245 e. The molecule has 0 amide bonds. The second kappa shape index (κ2) is 5.36. The maximum Gasteiger partial charge on any atom is 0.245 e. The minimum Gasteiger partial charge on any atom is -0.314 e. The molecular formula is C15H19N3O2S. The number of piperazine rings is 1. The van der Waals surface area contributed by atoms with Gasteiger partial charge in [0.1, 0.15) is 4.90 Å². The monoisotopic (exact) mass is 305 g/mol. The van der Waals surface area contributed by atoms with Gasteiger partial charge < -0.3 is 5.32 Å². The maximum atomic E-state index is 13.0. The number of sulfonamides is 1. The molecule has 0 radical (unpaired) electrons. The van der Waals surface area contributed by atoms with Gasteiger partial charge in [0.25, 0.3) is 0 Å². The summed E-state index contributed by atoms with van der Waals surface area (Å²) in [6.07, 6.45) is 1.71. The van der Waals surface area contributed by atoms with E-state index in [1.165, 1.54) is 0 Å². The fraction of sp³-hybridized carbons (Fsp3) is 0.400. The standard InChI is InChI=1S/C15H19N3O2S/c1-11-8-13-4-3-5-14(15(13)17-9-11)21(19,20)18-7-6-16-10-12(18)2/h3-5,8-9,12,16H,6-7,10H2,1-2H3. The number of para-hydroxylation sites is 1. The average molecular weight is 305 g/mol. The molecule has 5 nitrogen and oxygen atoms in total. The molecule has 1 fully saturated rings. The molecule has 1 aliphatic rings. The van der Waals surface area contributed by atoms with Crippen molar-refractivity contribution in [3.63, 3.8) is 0 Å². The van der Waals surface area contributed by atoms with E-state index >= 15 is 0 Å². The first-order chi connectivity index (χ1) is 10.00. The summed E-state index contributed by atoms with van der Waals surface area (Å²) in [5.74, 6) is 0. The van der Waals surface area contributed by atoms with Crippen molar-refractivity contribution in [3.05, 3.63) is 36.0 Å².